The van der Waals surface area contributed by atoms with Gasteiger partial charge in [0, 0.05) is 10.4 Å². The van der Waals surface area contributed by atoms with E-state index in [0.717, 1.165) is 33.9 Å². The third kappa shape index (κ3) is 3.51. The largest absolute Gasteiger partial charge is 0.508 e. The van der Waals surface area contributed by atoms with Crippen LogP contribution in [0, 0.1) is 0 Å². The van der Waals surface area contributed by atoms with Crippen LogP contribution in [0.1, 0.15) is 20.8 Å². The summed E-state index contributed by atoms with van der Waals surface area (Å²) in [6.07, 6.45) is -4.68. The molecule has 1 aromatic heterocycles. The molecule has 0 aliphatic carbocycles. The van der Waals surface area contributed by atoms with Crippen molar-refractivity contribution in [2.75, 3.05) is 0 Å². The molecule has 1 heterocycles. The Balaban J connectivity index is 1.91. The molecule has 2 N–H and O–H groups in total. The monoisotopic (exact) mass is 364 g/mol. The van der Waals surface area contributed by atoms with E-state index < -0.39 is 23.3 Å². The molecule has 0 unspecified atom stereocenters. The van der Waals surface area contributed by atoms with Gasteiger partial charge >= 0.3 is 6.18 Å². The zero-order chi connectivity index (χ0) is 18.2. The van der Waals surface area contributed by atoms with E-state index in [1.165, 1.54) is 6.07 Å². The lowest BCUT2D eigenvalue weighted by Gasteiger charge is -2.09. The van der Waals surface area contributed by atoms with Crippen LogP contribution >= 0.6 is 11.3 Å². The van der Waals surface area contributed by atoms with Gasteiger partial charge in [-0.25, -0.2) is 0 Å². The van der Waals surface area contributed by atoms with Crippen molar-refractivity contribution >= 4 is 17.1 Å². The molecule has 0 atom stereocenters. The van der Waals surface area contributed by atoms with Gasteiger partial charge in [0.05, 0.1) is 10.4 Å². The lowest BCUT2D eigenvalue weighted by molar-refractivity contribution is -0.138. The Morgan fingerprint density at radius 2 is 1.72 bits per heavy atom. The molecule has 2 aromatic carbocycles. The number of ketones is 1. The number of phenolic OH excluding ortho intramolecular Hbond substituents is 2. The second kappa shape index (κ2) is 6.25. The highest BCUT2D eigenvalue weighted by Gasteiger charge is 2.34. The van der Waals surface area contributed by atoms with Crippen LogP contribution in [0.25, 0.3) is 10.4 Å². The summed E-state index contributed by atoms with van der Waals surface area (Å²) in [7, 11) is 0. The smallest absolute Gasteiger partial charge is 0.419 e. The Morgan fingerprint density at radius 3 is 2.36 bits per heavy atom. The molecule has 25 heavy (non-hydrogen) atoms. The van der Waals surface area contributed by atoms with Gasteiger partial charge < -0.3 is 10.2 Å². The average Bonchev–Trinajstić information content (AvgIpc) is 3.03. The van der Waals surface area contributed by atoms with Gasteiger partial charge in [-0.3, -0.25) is 4.79 Å². The molecule has 0 amide bonds. The van der Waals surface area contributed by atoms with Crippen LogP contribution in [0.5, 0.6) is 11.5 Å². The standard InChI is InChI=1S/C18H11F3O3S/c19-18(20,21)13-5-4-11(9-14(13)23)17(24)16-7-6-15(25-16)10-2-1-3-12(22)8-10/h1-9,22-23H. The maximum atomic E-state index is 12.7. The lowest BCUT2D eigenvalue weighted by Crippen LogP contribution is -2.07. The van der Waals surface area contributed by atoms with Crippen molar-refractivity contribution in [3.8, 4) is 21.9 Å². The average molecular weight is 364 g/mol. The van der Waals surface area contributed by atoms with E-state index in [4.69, 9.17) is 0 Å². The molecule has 0 saturated carbocycles. The third-order valence-corrected chi connectivity index (χ3v) is 4.66. The van der Waals surface area contributed by atoms with Gasteiger partial charge in [-0.15, -0.1) is 11.3 Å². The minimum Gasteiger partial charge on any atom is -0.508 e. The number of benzene rings is 2. The van der Waals surface area contributed by atoms with Gasteiger partial charge in [-0.05, 0) is 42.0 Å². The van der Waals surface area contributed by atoms with Gasteiger partial charge in [0.2, 0.25) is 5.78 Å². The van der Waals surface area contributed by atoms with Crippen LogP contribution in [0.4, 0.5) is 13.2 Å². The second-order valence-corrected chi connectivity index (χ2v) is 6.36. The van der Waals surface area contributed by atoms with Crippen LogP contribution in [-0.2, 0) is 6.18 Å². The number of rotatable bonds is 3. The van der Waals surface area contributed by atoms with E-state index in [0.29, 0.717) is 10.9 Å². The van der Waals surface area contributed by atoms with E-state index in [2.05, 4.69) is 0 Å². The first-order valence-corrected chi connectivity index (χ1v) is 7.91. The van der Waals surface area contributed by atoms with Crippen LogP contribution in [0.2, 0.25) is 0 Å². The minimum atomic E-state index is -4.68. The Labute approximate surface area is 144 Å². The van der Waals surface area contributed by atoms with Crippen molar-refractivity contribution in [1.82, 2.24) is 0 Å². The molecule has 3 aromatic rings. The van der Waals surface area contributed by atoms with E-state index in [1.807, 2.05) is 0 Å². The van der Waals surface area contributed by atoms with Gasteiger partial charge in [-0.1, -0.05) is 18.2 Å². The van der Waals surface area contributed by atoms with Gasteiger partial charge in [-0.2, -0.15) is 13.2 Å². The number of halogens is 3. The van der Waals surface area contributed by atoms with Crippen molar-refractivity contribution in [2.24, 2.45) is 0 Å². The predicted octanol–water partition coefficient (Wildman–Crippen LogP) is 5.08. The summed E-state index contributed by atoms with van der Waals surface area (Å²) < 4.78 is 38.0. The maximum Gasteiger partial charge on any atom is 0.419 e. The van der Waals surface area contributed by atoms with Crippen LogP contribution in [0.15, 0.2) is 54.6 Å². The number of carbonyl (C=O) groups excluding carboxylic acids is 1. The van der Waals surface area contributed by atoms with Crippen molar-refractivity contribution in [3.05, 3.63) is 70.6 Å². The Kier molecular flexibility index (Phi) is 4.26. The summed E-state index contributed by atoms with van der Waals surface area (Å²) in [6, 6.07) is 12.3. The number of alkyl halides is 3. The number of hydrogen-bond acceptors (Lipinski definition) is 4. The minimum absolute atomic E-state index is 0.0326. The van der Waals surface area contributed by atoms with Crippen LogP contribution < -0.4 is 0 Å². The molecule has 0 spiro atoms. The fraction of sp³-hybridized carbons (Fsp3) is 0.0556. The van der Waals surface area contributed by atoms with Crippen molar-refractivity contribution in [2.45, 2.75) is 6.18 Å². The predicted molar refractivity (Wildman–Crippen MR) is 88.0 cm³/mol. The van der Waals surface area contributed by atoms with Crippen molar-refractivity contribution in [1.29, 1.82) is 0 Å². The fourth-order valence-electron chi connectivity index (χ4n) is 2.33. The van der Waals surface area contributed by atoms with Crippen LogP contribution in [0.3, 0.4) is 0 Å². The second-order valence-electron chi connectivity index (χ2n) is 5.27. The molecule has 0 aliphatic rings. The van der Waals surface area contributed by atoms with Crippen molar-refractivity contribution in [3.63, 3.8) is 0 Å². The van der Waals surface area contributed by atoms with E-state index in [-0.39, 0.29) is 11.3 Å². The van der Waals surface area contributed by atoms with Gasteiger partial charge in [0.1, 0.15) is 11.5 Å². The molecule has 7 heteroatoms. The summed E-state index contributed by atoms with van der Waals surface area (Å²) in [4.78, 5) is 13.5. The number of phenols is 2. The Morgan fingerprint density at radius 1 is 0.960 bits per heavy atom. The molecular formula is C18H11F3O3S. The van der Waals surface area contributed by atoms with E-state index in [9.17, 15) is 28.2 Å². The van der Waals surface area contributed by atoms with Gasteiger partial charge in [0.15, 0.2) is 0 Å². The zero-order valence-electron chi connectivity index (χ0n) is 12.5. The third-order valence-electron chi connectivity index (χ3n) is 3.53. The Hall–Kier alpha value is -2.80. The molecular weight excluding hydrogens is 353 g/mol. The zero-order valence-corrected chi connectivity index (χ0v) is 13.4. The summed E-state index contributed by atoms with van der Waals surface area (Å²) in [5, 5.41) is 19.0. The first kappa shape index (κ1) is 17.0. The Bertz CT molecular complexity index is 945. The fourth-order valence-corrected chi connectivity index (χ4v) is 3.29. The topological polar surface area (TPSA) is 57.5 Å². The maximum absolute atomic E-state index is 12.7. The number of hydrogen-bond donors (Lipinski definition) is 2. The molecule has 0 bridgehead atoms. The van der Waals surface area contributed by atoms with Crippen LogP contribution in [-0.4, -0.2) is 16.0 Å². The first-order chi connectivity index (χ1) is 11.8. The molecule has 0 aliphatic heterocycles. The summed E-state index contributed by atoms with van der Waals surface area (Å²) in [6.45, 7) is 0. The quantitative estimate of drug-likeness (QED) is 0.638. The lowest BCUT2D eigenvalue weighted by atomic mass is 10.1. The molecule has 0 saturated heterocycles. The molecule has 0 fully saturated rings. The molecule has 0 radical (unpaired) electrons. The summed E-state index contributed by atoms with van der Waals surface area (Å²) >= 11 is 1.15. The van der Waals surface area contributed by atoms with E-state index >= 15 is 0 Å². The SMILES string of the molecule is O=C(c1ccc(C(F)(F)F)c(O)c1)c1ccc(-c2cccc(O)c2)s1. The van der Waals surface area contributed by atoms with Gasteiger partial charge in [0.25, 0.3) is 0 Å². The summed E-state index contributed by atoms with van der Waals surface area (Å²) in [5.74, 6) is -1.38. The normalized spacial score (nSPS) is 11.5. The van der Waals surface area contributed by atoms with E-state index in [1.54, 1.807) is 30.3 Å². The summed E-state index contributed by atoms with van der Waals surface area (Å²) in [5.41, 5.74) is -0.496. The highest BCUT2D eigenvalue weighted by Crippen LogP contribution is 2.37. The molecule has 128 valence electrons. The number of thiophene rings is 1. The number of carbonyl (C=O) groups is 1. The number of aromatic hydroxyl groups is 2. The van der Waals surface area contributed by atoms with Crippen molar-refractivity contribution < 1.29 is 28.2 Å². The highest BCUT2D eigenvalue weighted by molar-refractivity contribution is 7.17. The first-order valence-electron chi connectivity index (χ1n) is 7.10. The molecule has 3 nitrogen and oxygen atoms in total. The highest BCUT2D eigenvalue weighted by atomic mass is 32.1. The molecule has 3 rings (SSSR count).